The quantitative estimate of drug-likeness (QED) is 0.821. The lowest BCUT2D eigenvalue weighted by atomic mass is 10.0. The van der Waals surface area contributed by atoms with Gasteiger partial charge in [-0.15, -0.1) is 0 Å². The van der Waals surface area contributed by atoms with Crippen LogP contribution in [-0.4, -0.2) is 69.3 Å². The van der Waals surface area contributed by atoms with Crippen molar-refractivity contribution in [3.05, 3.63) is 47.8 Å². The molecule has 0 aromatic heterocycles. The van der Waals surface area contributed by atoms with E-state index < -0.39 is 0 Å². The first-order valence-corrected chi connectivity index (χ1v) is 10.0. The van der Waals surface area contributed by atoms with Crippen molar-refractivity contribution < 1.29 is 9.13 Å². The highest BCUT2D eigenvalue weighted by Gasteiger charge is 2.18. The number of likely N-dealkylation sites (N-methyl/N-ethyl adjacent to an activating group) is 1. The molecule has 28 heavy (non-hydrogen) atoms. The van der Waals surface area contributed by atoms with Crippen LogP contribution in [0.4, 0.5) is 15.8 Å². The summed E-state index contributed by atoms with van der Waals surface area (Å²) in [6, 6.07) is 11.3. The molecule has 0 radical (unpaired) electrons. The fourth-order valence-corrected chi connectivity index (χ4v) is 3.97. The van der Waals surface area contributed by atoms with Crippen LogP contribution >= 0.6 is 0 Å². The first-order chi connectivity index (χ1) is 13.6. The second-order valence-corrected chi connectivity index (χ2v) is 7.77. The summed E-state index contributed by atoms with van der Waals surface area (Å²) in [7, 11) is 2.14. The molecule has 6 heteroatoms. The molecule has 0 atom stereocenters. The number of halogens is 1. The summed E-state index contributed by atoms with van der Waals surface area (Å²) >= 11 is 0. The summed E-state index contributed by atoms with van der Waals surface area (Å²) < 4.78 is 20.0. The van der Waals surface area contributed by atoms with Gasteiger partial charge in [0.15, 0.2) is 0 Å². The van der Waals surface area contributed by atoms with Crippen LogP contribution < -0.4 is 10.6 Å². The van der Waals surface area contributed by atoms with Crippen LogP contribution in [0.5, 0.6) is 0 Å². The molecule has 0 saturated carbocycles. The molecule has 0 spiro atoms. The molecule has 2 fully saturated rings. The van der Waals surface area contributed by atoms with Gasteiger partial charge in [-0.2, -0.15) is 0 Å². The maximum Gasteiger partial charge on any atom is 0.131 e. The Morgan fingerprint density at radius 2 is 1.71 bits per heavy atom. The predicted octanol–water partition coefficient (Wildman–Crippen LogP) is 2.66. The molecule has 0 unspecified atom stereocenters. The van der Waals surface area contributed by atoms with Crippen molar-refractivity contribution >= 4 is 11.4 Å². The van der Waals surface area contributed by atoms with Gasteiger partial charge in [-0.05, 0) is 42.4 Å². The average molecular weight is 384 g/mol. The monoisotopic (exact) mass is 384 g/mol. The number of anilines is 2. The van der Waals surface area contributed by atoms with E-state index in [1.807, 2.05) is 30.3 Å². The first kappa shape index (κ1) is 19.2. The summed E-state index contributed by atoms with van der Waals surface area (Å²) in [5.41, 5.74) is 10.7. The highest BCUT2D eigenvalue weighted by Crippen LogP contribution is 2.32. The van der Waals surface area contributed by atoms with Crippen molar-refractivity contribution in [3.8, 4) is 11.1 Å². The van der Waals surface area contributed by atoms with Crippen molar-refractivity contribution in [2.45, 2.75) is 6.54 Å². The number of nitrogen functional groups attached to an aromatic ring is 1. The van der Waals surface area contributed by atoms with E-state index >= 15 is 0 Å². The molecule has 0 bridgehead atoms. The van der Waals surface area contributed by atoms with Crippen LogP contribution in [0.15, 0.2) is 36.4 Å². The number of nitrogens with two attached hydrogens (primary N) is 1. The number of hydrogen-bond acceptors (Lipinski definition) is 5. The zero-order chi connectivity index (χ0) is 19.5. The Labute approximate surface area is 166 Å². The minimum absolute atomic E-state index is 0.211. The van der Waals surface area contributed by atoms with Gasteiger partial charge >= 0.3 is 0 Å². The maximum atomic E-state index is 14.6. The standard InChI is InChI=1S/C22H29FN4O/c1-25-6-8-27(9-7-25)22-5-3-18(15-21(22)24)19-14-17(2-4-20(19)23)16-26-10-12-28-13-11-26/h2-5,14-15H,6-13,16,24H2,1H3. The topological polar surface area (TPSA) is 45.0 Å². The van der Waals surface area contributed by atoms with E-state index in [0.29, 0.717) is 11.3 Å². The van der Waals surface area contributed by atoms with Gasteiger partial charge in [-0.1, -0.05) is 12.1 Å². The van der Waals surface area contributed by atoms with Crippen molar-refractivity contribution in [3.63, 3.8) is 0 Å². The van der Waals surface area contributed by atoms with Gasteiger partial charge in [0.2, 0.25) is 0 Å². The Balaban J connectivity index is 1.54. The van der Waals surface area contributed by atoms with Crippen molar-refractivity contribution in [2.24, 2.45) is 0 Å². The SMILES string of the molecule is CN1CCN(c2ccc(-c3cc(CN4CCOCC4)ccc3F)cc2N)CC1. The Hall–Kier alpha value is -2.15. The third-order valence-corrected chi connectivity index (χ3v) is 5.72. The van der Waals surface area contributed by atoms with Gasteiger partial charge in [-0.25, -0.2) is 4.39 Å². The van der Waals surface area contributed by atoms with Crippen molar-refractivity contribution in [2.75, 3.05) is 70.2 Å². The van der Waals surface area contributed by atoms with Gasteiger partial charge in [-0.3, -0.25) is 4.90 Å². The molecular weight excluding hydrogens is 355 g/mol. The summed E-state index contributed by atoms with van der Waals surface area (Å²) in [5, 5.41) is 0. The van der Waals surface area contributed by atoms with Crippen molar-refractivity contribution in [1.82, 2.24) is 9.80 Å². The smallest absolute Gasteiger partial charge is 0.131 e. The molecule has 2 saturated heterocycles. The molecule has 4 rings (SSSR count). The van der Waals surface area contributed by atoms with E-state index in [0.717, 1.165) is 75.8 Å². The number of ether oxygens (including phenoxy) is 1. The second-order valence-electron chi connectivity index (χ2n) is 7.77. The molecule has 150 valence electrons. The predicted molar refractivity (Wildman–Crippen MR) is 112 cm³/mol. The van der Waals surface area contributed by atoms with Crippen LogP contribution in [0.2, 0.25) is 0 Å². The minimum Gasteiger partial charge on any atom is -0.397 e. The first-order valence-electron chi connectivity index (χ1n) is 10.0. The summed E-state index contributed by atoms with van der Waals surface area (Å²) in [6.45, 7) is 8.15. The zero-order valence-electron chi connectivity index (χ0n) is 16.5. The lowest BCUT2D eigenvalue weighted by Gasteiger charge is -2.34. The lowest BCUT2D eigenvalue weighted by Crippen LogP contribution is -2.44. The minimum atomic E-state index is -0.211. The lowest BCUT2D eigenvalue weighted by molar-refractivity contribution is 0.0342. The molecule has 5 nitrogen and oxygen atoms in total. The average Bonchev–Trinajstić information content (AvgIpc) is 2.71. The Bertz CT molecular complexity index is 814. The summed E-state index contributed by atoms with van der Waals surface area (Å²) in [4.78, 5) is 6.96. The second kappa shape index (κ2) is 8.47. The molecule has 0 amide bonds. The van der Waals surface area contributed by atoms with Gasteiger partial charge < -0.3 is 20.3 Å². The van der Waals surface area contributed by atoms with E-state index in [4.69, 9.17) is 10.5 Å². The number of morpholine rings is 1. The third kappa shape index (κ3) is 4.29. The zero-order valence-corrected chi connectivity index (χ0v) is 16.5. The highest BCUT2D eigenvalue weighted by molar-refractivity contribution is 5.77. The third-order valence-electron chi connectivity index (χ3n) is 5.72. The molecule has 0 aliphatic carbocycles. The Morgan fingerprint density at radius 3 is 2.43 bits per heavy atom. The van der Waals surface area contributed by atoms with Crippen LogP contribution in [-0.2, 0) is 11.3 Å². The van der Waals surface area contributed by atoms with Crippen LogP contribution in [0.1, 0.15) is 5.56 Å². The van der Waals surface area contributed by atoms with E-state index in [9.17, 15) is 4.39 Å². The Kier molecular flexibility index (Phi) is 5.80. The molecular formula is C22H29FN4O. The van der Waals surface area contributed by atoms with Gasteiger partial charge in [0, 0.05) is 51.4 Å². The normalized spacial score (nSPS) is 19.1. The number of nitrogens with zero attached hydrogens (tertiary/aromatic N) is 3. The highest BCUT2D eigenvalue weighted by atomic mass is 19.1. The van der Waals surface area contributed by atoms with E-state index in [-0.39, 0.29) is 5.82 Å². The van der Waals surface area contributed by atoms with Gasteiger partial charge in [0.1, 0.15) is 5.82 Å². The van der Waals surface area contributed by atoms with Crippen molar-refractivity contribution in [1.29, 1.82) is 0 Å². The number of benzene rings is 2. The summed E-state index contributed by atoms with van der Waals surface area (Å²) in [6.07, 6.45) is 0. The van der Waals surface area contributed by atoms with E-state index in [1.54, 1.807) is 6.07 Å². The molecule has 2 aliphatic rings. The molecule has 2 aliphatic heterocycles. The summed E-state index contributed by atoms with van der Waals surface area (Å²) in [5.74, 6) is -0.211. The number of rotatable bonds is 4. The molecule has 2 aromatic carbocycles. The fourth-order valence-electron chi connectivity index (χ4n) is 3.97. The number of hydrogen-bond donors (Lipinski definition) is 1. The molecule has 2 heterocycles. The molecule has 2 aromatic rings. The van der Waals surface area contributed by atoms with E-state index in [2.05, 4.69) is 21.7 Å². The maximum absolute atomic E-state index is 14.6. The van der Waals surface area contributed by atoms with Crippen LogP contribution in [0, 0.1) is 5.82 Å². The van der Waals surface area contributed by atoms with E-state index in [1.165, 1.54) is 0 Å². The number of piperazine rings is 1. The fraction of sp³-hybridized carbons (Fsp3) is 0.455. The van der Waals surface area contributed by atoms with Crippen LogP contribution in [0.3, 0.4) is 0 Å². The van der Waals surface area contributed by atoms with Gasteiger partial charge in [0.05, 0.1) is 24.6 Å². The Morgan fingerprint density at radius 1 is 0.964 bits per heavy atom. The van der Waals surface area contributed by atoms with Gasteiger partial charge in [0.25, 0.3) is 0 Å². The van der Waals surface area contributed by atoms with Crippen LogP contribution in [0.25, 0.3) is 11.1 Å². The molecule has 2 N–H and O–H groups in total. The largest absolute Gasteiger partial charge is 0.397 e.